The van der Waals surface area contributed by atoms with Crippen LogP contribution in [0.4, 0.5) is 0 Å². The zero-order chi connectivity index (χ0) is 13.7. The zero-order valence-electron chi connectivity index (χ0n) is 12.2. The summed E-state index contributed by atoms with van der Waals surface area (Å²) in [4.78, 5) is 4.77. The van der Waals surface area contributed by atoms with Gasteiger partial charge in [0.15, 0.2) is 0 Å². The van der Waals surface area contributed by atoms with Gasteiger partial charge in [-0.25, -0.2) is 4.98 Å². The molecule has 2 aliphatic rings. The average Bonchev–Trinajstić information content (AvgIpc) is 3.00. The average molecular weight is 279 g/mol. The Balaban J connectivity index is 1.77. The minimum absolute atomic E-state index is 0.283. The smallest absolute Gasteiger partial charge is 0.398 e. The van der Waals surface area contributed by atoms with E-state index in [1.807, 2.05) is 0 Å². The second-order valence-corrected chi connectivity index (χ2v) is 7.57. The van der Waals surface area contributed by atoms with Gasteiger partial charge in [0, 0.05) is 11.3 Å². The molecular weight excluding hydrogens is 257 g/mol. The number of nitrogens with zero attached hydrogens (tertiary/aromatic N) is 1. The molecule has 1 aliphatic carbocycles. The van der Waals surface area contributed by atoms with E-state index >= 15 is 0 Å². The van der Waals surface area contributed by atoms with Gasteiger partial charge in [0.2, 0.25) is 0 Å². The molecule has 0 spiro atoms. The molecule has 0 bridgehead atoms. The number of hydrogen-bond donors (Lipinski definition) is 0. The summed E-state index contributed by atoms with van der Waals surface area (Å²) in [5, 5.41) is 3.37. The van der Waals surface area contributed by atoms with E-state index in [9.17, 15) is 0 Å². The lowest BCUT2D eigenvalue weighted by atomic mass is 9.86. The Morgan fingerprint density at radius 1 is 1.16 bits per heavy atom. The molecule has 1 aromatic heterocycles. The number of hydrogen-bond acceptors (Lipinski definition) is 4. The van der Waals surface area contributed by atoms with Crippen LogP contribution in [0.15, 0.2) is 5.38 Å². The third-order valence-electron chi connectivity index (χ3n) is 4.74. The van der Waals surface area contributed by atoms with E-state index in [0.29, 0.717) is 5.92 Å². The zero-order valence-corrected chi connectivity index (χ0v) is 13.0. The van der Waals surface area contributed by atoms with E-state index in [2.05, 4.69) is 33.1 Å². The SMILES string of the molecule is CC1(C)OB(c2csc(C3CCCC3)n2)OC1(C)C. The first-order valence-electron chi connectivity index (χ1n) is 7.20. The molecule has 1 aliphatic heterocycles. The first kappa shape index (κ1) is 13.6. The molecule has 2 fully saturated rings. The topological polar surface area (TPSA) is 31.4 Å². The van der Waals surface area contributed by atoms with Gasteiger partial charge < -0.3 is 9.31 Å². The van der Waals surface area contributed by atoms with Crippen molar-refractivity contribution in [2.75, 3.05) is 0 Å². The van der Waals surface area contributed by atoms with Crippen LogP contribution in [-0.2, 0) is 9.31 Å². The Hall–Kier alpha value is -0.385. The molecule has 3 nitrogen and oxygen atoms in total. The van der Waals surface area contributed by atoms with Crippen molar-refractivity contribution in [3.05, 3.63) is 10.4 Å². The summed E-state index contributed by atoms with van der Waals surface area (Å²) in [5.74, 6) is 0.668. The van der Waals surface area contributed by atoms with Crippen LogP contribution < -0.4 is 5.59 Å². The van der Waals surface area contributed by atoms with Crippen LogP contribution in [0.25, 0.3) is 0 Å². The molecule has 0 unspecified atom stereocenters. The summed E-state index contributed by atoms with van der Waals surface area (Å²) in [6.45, 7) is 8.32. The quantitative estimate of drug-likeness (QED) is 0.779. The third kappa shape index (κ3) is 2.37. The van der Waals surface area contributed by atoms with Crippen molar-refractivity contribution in [2.24, 2.45) is 0 Å². The van der Waals surface area contributed by atoms with E-state index in [-0.39, 0.29) is 18.3 Å². The molecule has 5 heteroatoms. The van der Waals surface area contributed by atoms with E-state index in [1.165, 1.54) is 30.7 Å². The lowest BCUT2D eigenvalue weighted by Crippen LogP contribution is -2.41. The molecule has 0 amide bonds. The molecule has 0 aromatic carbocycles. The highest BCUT2D eigenvalue weighted by Gasteiger charge is 2.52. The highest BCUT2D eigenvalue weighted by atomic mass is 32.1. The Labute approximate surface area is 119 Å². The second kappa shape index (κ2) is 4.57. The van der Waals surface area contributed by atoms with Crippen molar-refractivity contribution in [1.29, 1.82) is 0 Å². The molecule has 3 rings (SSSR count). The molecule has 0 atom stereocenters. The van der Waals surface area contributed by atoms with Crippen molar-refractivity contribution < 1.29 is 9.31 Å². The third-order valence-corrected chi connectivity index (χ3v) is 5.76. The summed E-state index contributed by atoms with van der Waals surface area (Å²) >= 11 is 1.76. The van der Waals surface area contributed by atoms with Gasteiger partial charge in [0.05, 0.1) is 21.8 Å². The van der Waals surface area contributed by atoms with Crippen LogP contribution in [-0.4, -0.2) is 23.3 Å². The fourth-order valence-corrected chi connectivity index (χ4v) is 3.72. The minimum atomic E-state index is -0.309. The van der Waals surface area contributed by atoms with Crippen molar-refractivity contribution in [3.63, 3.8) is 0 Å². The normalized spacial score (nSPS) is 26.2. The summed E-state index contributed by atoms with van der Waals surface area (Å²) in [6, 6.07) is 0. The summed E-state index contributed by atoms with van der Waals surface area (Å²) < 4.78 is 12.1. The molecule has 0 radical (unpaired) electrons. The fraction of sp³-hybridized carbons (Fsp3) is 0.786. The molecule has 19 heavy (non-hydrogen) atoms. The lowest BCUT2D eigenvalue weighted by molar-refractivity contribution is 0.00578. The van der Waals surface area contributed by atoms with E-state index in [0.717, 1.165) is 5.59 Å². The first-order valence-corrected chi connectivity index (χ1v) is 8.08. The van der Waals surface area contributed by atoms with E-state index in [1.54, 1.807) is 11.3 Å². The van der Waals surface area contributed by atoms with Gasteiger partial charge in [-0.1, -0.05) is 12.8 Å². The summed E-state index contributed by atoms with van der Waals surface area (Å²) in [5.41, 5.74) is 0.384. The van der Waals surface area contributed by atoms with E-state index in [4.69, 9.17) is 14.3 Å². The standard InChI is InChI=1S/C14H22BNO2S/c1-13(2)14(3,4)18-15(17-13)11-9-19-12(16-11)10-7-5-6-8-10/h9-10H,5-8H2,1-4H3. The van der Waals surface area contributed by atoms with Crippen LogP contribution in [0, 0.1) is 0 Å². The van der Waals surface area contributed by atoms with Crippen LogP contribution in [0.5, 0.6) is 0 Å². The van der Waals surface area contributed by atoms with Gasteiger partial charge in [-0.05, 0) is 40.5 Å². The summed E-state index contributed by atoms with van der Waals surface area (Å²) in [7, 11) is -0.309. The van der Waals surface area contributed by atoms with E-state index < -0.39 is 0 Å². The predicted molar refractivity (Wildman–Crippen MR) is 79.0 cm³/mol. The van der Waals surface area contributed by atoms with Crippen LogP contribution in [0.3, 0.4) is 0 Å². The fourth-order valence-electron chi connectivity index (χ4n) is 2.73. The number of thiazole rings is 1. The van der Waals surface area contributed by atoms with Crippen LogP contribution in [0.1, 0.15) is 64.3 Å². The molecule has 0 N–H and O–H groups in total. The maximum atomic E-state index is 6.05. The second-order valence-electron chi connectivity index (χ2n) is 6.68. The molecule has 1 saturated heterocycles. The first-order chi connectivity index (χ1) is 8.89. The molecule has 104 valence electrons. The molecule has 1 saturated carbocycles. The van der Waals surface area contributed by atoms with Crippen LogP contribution in [0.2, 0.25) is 0 Å². The predicted octanol–water partition coefficient (Wildman–Crippen LogP) is 3.10. The molecule has 2 heterocycles. The van der Waals surface area contributed by atoms with Gasteiger partial charge in [0.1, 0.15) is 0 Å². The van der Waals surface area contributed by atoms with Crippen LogP contribution >= 0.6 is 11.3 Å². The van der Waals surface area contributed by atoms with Gasteiger partial charge in [-0.3, -0.25) is 0 Å². The van der Waals surface area contributed by atoms with Gasteiger partial charge >= 0.3 is 7.12 Å². The van der Waals surface area contributed by atoms with Gasteiger partial charge in [-0.2, -0.15) is 0 Å². The highest BCUT2D eigenvalue weighted by molar-refractivity contribution is 7.10. The summed E-state index contributed by atoms with van der Waals surface area (Å²) in [6.07, 6.45) is 5.26. The minimum Gasteiger partial charge on any atom is -0.398 e. The Kier molecular flexibility index (Phi) is 3.27. The number of rotatable bonds is 2. The van der Waals surface area contributed by atoms with Crippen molar-refractivity contribution in [3.8, 4) is 0 Å². The van der Waals surface area contributed by atoms with Gasteiger partial charge in [-0.15, -0.1) is 11.3 Å². The molecular formula is C14H22BNO2S. The van der Waals surface area contributed by atoms with Crippen molar-refractivity contribution in [1.82, 2.24) is 4.98 Å². The number of aromatic nitrogens is 1. The van der Waals surface area contributed by atoms with Gasteiger partial charge in [0.25, 0.3) is 0 Å². The maximum absolute atomic E-state index is 6.05. The Morgan fingerprint density at radius 2 is 1.74 bits per heavy atom. The Morgan fingerprint density at radius 3 is 2.32 bits per heavy atom. The van der Waals surface area contributed by atoms with Crippen molar-refractivity contribution >= 4 is 24.0 Å². The van der Waals surface area contributed by atoms with Crippen molar-refractivity contribution in [2.45, 2.75) is 70.5 Å². The lowest BCUT2D eigenvalue weighted by Gasteiger charge is -2.32. The molecule has 1 aromatic rings. The maximum Gasteiger partial charge on any atom is 0.515 e. The highest BCUT2D eigenvalue weighted by Crippen LogP contribution is 2.38. The monoisotopic (exact) mass is 279 g/mol. The largest absolute Gasteiger partial charge is 0.515 e. The Bertz CT molecular complexity index is 450.